The normalized spacial score (nSPS) is 13.2. The number of hydrogen-bond donors (Lipinski definition) is 1. The molecule has 0 aliphatic heterocycles. The molecule has 1 aliphatic rings. The van der Waals surface area contributed by atoms with Gasteiger partial charge in [0.15, 0.2) is 5.82 Å². The molecule has 2 N–H and O–H groups in total. The summed E-state index contributed by atoms with van der Waals surface area (Å²) in [6, 6.07) is 3.76. The lowest BCUT2D eigenvalue weighted by Gasteiger charge is -2.20. The lowest BCUT2D eigenvalue weighted by atomic mass is 10.2. The number of amides is 1. The van der Waals surface area contributed by atoms with Gasteiger partial charge in [0.1, 0.15) is 5.82 Å². The number of primary amides is 1. The van der Waals surface area contributed by atoms with E-state index in [1.54, 1.807) is 4.90 Å². The maximum Gasteiger partial charge on any atom is 0.236 e. The molecule has 0 atom stereocenters. The Bertz CT molecular complexity index is 700. The van der Waals surface area contributed by atoms with Crippen molar-refractivity contribution in [1.29, 1.82) is 0 Å². The van der Waals surface area contributed by atoms with Crippen LogP contribution in [-0.2, 0) is 17.6 Å². The van der Waals surface area contributed by atoms with Crippen molar-refractivity contribution < 1.29 is 4.79 Å². The number of thiophene rings is 1. The van der Waals surface area contributed by atoms with Crippen molar-refractivity contribution in [2.75, 3.05) is 18.5 Å². The van der Waals surface area contributed by atoms with Crippen LogP contribution in [-0.4, -0.2) is 29.5 Å². The van der Waals surface area contributed by atoms with Crippen LogP contribution in [0.5, 0.6) is 0 Å². The molecular formula is C14H15ClN4OS. The van der Waals surface area contributed by atoms with Crippen molar-refractivity contribution in [3.8, 4) is 10.7 Å². The Kier molecular flexibility index (Phi) is 3.82. The standard InChI is InChI=1S/C14H15ClN4OS/c1-19(7-12(16)20)14-8-3-2-4-9(8)17-13(18-14)10-5-6-11(15)21-10/h5-6H,2-4,7H2,1H3,(H2,16,20). The Labute approximate surface area is 131 Å². The van der Waals surface area contributed by atoms with Gasteiger partial charge in [-0.3, -0.25) is 4.79 Å². The third-order valence-electron chi connectivity index (χ3n) is 3.46. The third kappa shape index (κ3) is 2.87. The van der Waals surface area contributed by atoms with Gasteiger partial charge >= 0.3 is 0 Å². The van der Waals surface area contributed by atoms with Crippen LogP contribution < -0.4 is 10.6 Å². The highest BCUT2D eigenvalue weighted by Gasteiger charge is 2.23. The quantitative estimate of drug-likeness (QED) is 0.937. The summed E-state index contributed by atoms with van der Waals surface area (Å²) in [7, 11) is 1.83. The first-order valence-electron chi connectivity index (χ1n) is 6.69. The molecular weight excluding hydrogens is 308 g/mol. The molecule has 0 saturated heterocycles. The molecule has 0 fully saturated rings. The number of halogens is 1. The second kappa shape index (κ2) is 5.61. The van der Waals surface area contributed by atoms with Crippen LogP contribution in [0.4, 0.5) is 5.82 Å². The zero-order chi connectivity index (χ0) is 15.0. The number of likely N-dealkylation sites (N-methyl/N-ethyl adjacent to an activating group) is 1. The predicted octanol–water partition coefficient (Wildman–Crippen LogP) is 2.27. The zero-order valence-corrected chi connectivity index (χ0v) is 13.2. The van der Waals surface area contributed by atoms with Crippen molar-refractivity contribution in [3.63, 3.8) is 0 Å². The number of fused-ring (bicyclic) bond motifs is 1. The molecule has 1 amide bonds. The summed E-state index contributed by atoms with van der Waals surface area (Å²) in [6.07, 6.45) is 2.96. The summed E-state index contributed by atoms with van der Waals surface area (Å²) in [4.78, 5) is 23.2. The van der Waals surface area contributed by atoms with E-state index < -0.39 is 0 Å². The van der Waals surface area contributed by atoms with Crippen LogP contribution in [0.2, 0.25) is 4.34 Å². The first kappa shape index (κ1) is 14.3. The summed E-state index contributed by atoms with van der Waals surface area (Å²) in [6.45, 7) is 0.147. The van der Waals surface area contributed by atoms with Gasteiger partial charge in [-0.2, -0.15) is 0 Å². The van der Waals surface area contributed by atoms with Crippen LogP contribution >= 0.6 is 22.9 Å². The smallest absolute Gasteiger partial charge is 0.236 e. The molecule has 0 radical (unpaired) electrons. The molecule has 3 rings (SSSR count). The second-order valence-electron chi connectivity index (χ2n) is 5.08. The Balaban J connectivity index is 2.06. The first-order valence-corrected chi connectivity index (χ1v) is 7.89. The van der Waals surface area contributed by atoms with Crippen molar-refractivity contribution in [2.45, 2.75) is 19.3 Å². The van der Waals surface area contributed by atoms with E-state index in [1.807, 2.05) is 19.2 Å². The van der Waals surface area contributed by atoms with E-state index in [0.717, 1.165) is 41.2 Å². The van der Waals surface area contributed by atoms with Gasteiger partial charge in [0.2, 0.25) is 5.91 Å². The molecule has 110 valence electrons. The molecule has 2 aromatic rings. The molecule has 1 aliphatic carbocycles. The van der Waals surface area contributed by atoms with Crippen molar-refractivity contribution in [3.05, 3.63) is 27.7 Å². The van der Waals surface area contributed by atoms with E-state index in [0.29, 0.717) is 10.2 Å². The van der Waals surface area contributed by atoms with E-state index in [1.165, 1.54) is 11.3 Å². The van der Waals surface area contributed by atoms with Crippen molar-refractivity contribution >= 4 is 34.7 Å². The second-order valence-corrected chi connectivity index (χ2v) is 6.79. The SMILES string of the molecule is CN(CC(N)=O)c1nc(-c2ccc(Cl)s2)nc2c1CCC2. The fraction of sp³-hybridized carbons (Fsp3) is 0.357. The van der Waals surface area contributed by atoms with Gasteiger partial charge in [-0.25, -0.2) is 9.97 Å². The first-order chi connectivity index (χ1) is 10.0. The average Bonchev–Trinajstić information content (AvgIpc) is 3.04. The minimum absolute atomic E-state index is 0.147. The number of carbonyl (C=O) groups excluding carboxylic acids is 1. The highest BCUT2D eigenvalue weighted by molar-refractivity contribution is 7.19. The number of hydrogen-bond acceptors (Lipinski definition) is 5. The van der Waals surface area contributed by atoms with E-state index in [9.17, 15) is 4.79 Å². The molecule has 0 bridgehead atoms. The van der Waals surface area contributed by atoms with Crippen LogP contribution in [0, 0.1) is 0 Å². The lowest BCUT2D eigenvalue weighted by molar-refractivity contribution is -0.116. The predicted molar refractivity (Wildman–Crippen MR) is 84.8 cm³/mol. The van der Waals surface area contributed by atoms with Gasteiger partial charge < -0.3 is 10.6 Å². The largest absolute Gasteiger partial charge is 0.368 e. The Morgan fingerprint density at radius 3 is 2.90 bits per heavy atom. The monoisotopic (exact) mass is 322 g/mol. The number of nitrogens with zero attached hydrogens (tertiary/aromatic N) is 3. The topological polar surface area (TPSA) is 72.1 Å². The maximum atomic E-state index is 11.2. The Morgan fingerprint density at radius 2 is 2.24 bits per heavy atom. The highest BCUT2D eigenvalue weighted by Crippen LogP contribution is 2.34. The molecule has 0 saturated carbocycles. The van der Waals surface area contributed by atoms with Gasteiger partial charge in [-0.1, -0.05) is 11.6 Å². The van der Waals surface area contributed by atoms with Gasteiger partial charge in [-0.15, -0.1) is 11.3 Å². The number of nitrogens with two attached hydrogens (primary N) is 1. The summed E-state index contributed by atoms with van der Waals surface area (Å²) < 4.78 is 0.709. The van der Waals surface area contributed by atoms with Gasteiger partial charge in [0.25, 0.3) is 0 Å². The van der Waals surface area contributed by atoms with E-state index in [4.69, 9.17) is 17.3 Å². The van der Waals surface area contributed by atoms with Crippen LogP contribution in [0.25, 0.3) is 10.7 Å². The number of anilines is 1. The number of aromatic nitrogens is 2. The summed E-state index contributed by atoms with van der Waals surface area (Å²) >= 11 is 7.44. The molecule has 5 nitrogen and oxygen atoms in total. The molecule has 21 heavy (non-hydrogen) atoms. The van der Waals surface area contributed by atoms with E-state index in [2.05, 4.69) is 9.97 Å². The van der Waals surface area contributed by atoms with Gasteiger partial charge in [0.05, 0.1) is 15.8 Å². The molecule has 2 aromatic heterocycles. The Morgan fingerprint density at radius 1 is 1.43 bits per heavy atom. The van der Waals surface area contributed by atoms with E-state index in [-0.39, 0.29) is 12.5 Å². The fourth-order valence-electron chi connectivity index (χ4n) is 2.58. The van der Waals surface area contributed by atoms with Crippen LogP contribution in [0.1, 0.15) is 17.7 Å². The molecule has 0 aromatic carbocycles. The lowest BCUT2D eigenvalue weighted by Crippen LogP contribution is -2.32. The van der Waals surface area contributed by atoms with Gasteiger partial charge in [0, 0.05) is 18.3 Å². The molecule has 0 unspecified atom stereocenters. The van der Waals surface area contributed by atoms with Gasteiger partial charge in [-0.05, 0) is 31.4 Å². The van der Waals surface area contributed by atoms with Crippen molar-refractivity contribution in [2.24, 2.45) is 5.73 Å². The summed E-state index contributed by atoms with van der Waals surface area (Å²) in [5.74, 6) is 1.10. The average molecular weight is 323 g/mol. The van der Waals surface area contributed by atoms with Crippen LogP contribution in [0.15, 0.2) is 12.1 Å². The van der Waals surface area contributed by atoms with E-state index >= 15 is 0 Å². The summed E-state index contributed by atoms with van der Waals surface area (Å²) in [5.41, 5.74) is 7.48. The zero-order valence-electron chi connectivity index (χ0n) is 11.6. The minimum Gasteiger partial charge on any atom is -0.368 e. The summed E-state index contributed by atoms with van der Waals surface area (Å²) in [5, 5.41) is 0. The fourth-order valence-corrected chi connectivity index (χ4v) is 3.56. The van der Waals surface area contributed by atoms with Crippen molar-refractivity contribution in [1.82, 2.24) is 9.97 Å². The number of rotatable bonds is 4. The molecule has 0 spiro atoms. The third-order valence-corrected chi connectivity index (χ3v) is 4.69. The highest BCUT2D eigenvalue weighted by atomic mass is 35.5. The number of carbonyl (C=O) groups is 1. The molecule has 2 heterocycles. The minimum atomic E-state index is -0.372. The number of aryl methyl sites for hydroxylation is 1. The maximum absolute atomic E-state index is 11.2. The van der Waals surface area contributed by atoms with Crippen LogP contribution in [0.3, 0.4) is 0 Å². The Hall–Kier alpha value is -1.66. The molecule has 7 heteroatoms.